The zero-order chi connectivity index (χ0) is 18.8. The molecule has 1 saturated heterocycles. The van der Waals surface area contributed by atoms with Crippen LogP contribution in [0.25, 0.3) is 0 Å². The number of benzene rings is 1. The number of anilines is 1. The average molecular weight is 389 g/mol. The van der Waals surface area contributed by atoms with E-state index in [9.17, 15) is 9.18 Å². The molecule has 142 valence electrons. The number of carbonyl (C=O) groups is 1. The summed E-state index contributed by atoms with van der Waals surface area (Å²) in [4.78, 5) is 25.3. The maximum atomic E-state index is 14.0. The van der Waals surface area contributed by atoms with Crippen LogP contribution in [-0.2, 0) is 11.2 Å². The van der Waals surface area contributed by atoms with Crippen LogP contribution in [0.3, 0.4) is 0 Å². The van der Waals surface area contributed by atoms with Gasteiger partial charge in [-0.1, -0.05) is 17.7 Å². The topological polar surface area (TPSA) is 49.3 Å². The van der Waals surface area contributed by atoms with Gasteiger partial charge in [0.1, 0.15) is 18.0 Å². The van der Waals surface area contributed by atoms with E-state index in [1.54, 1.807) is 24.7 Å². The summed E-state index contributed by atoms with van der Waals surface area (Å²) in [5.74, 6) is 0.477. The predicted octanol–water partition coefficient (Wildman–Crippen LogP) is 3.47. The number of aromatic nitrogens is 2. The third kappa shape index (κ3) is 4.05. The Labute approximate surface area is 163 Å². The standard InChI is InChI=1S/C20H22ClFN4O/c21-17-2-1-3-18(22)16(17)12-20(27)25-10-7-15(8-11-25)26(14-4-5-14)19-6-9-23-13-24-19/h1-3,6,9,13-15H,4-5,7-8,10-12H2. The molecule has 5 nitrogen and oxygen atoms in total. The van der Waals surface area contributed by atoms with E-state index < -0.39 is 5.82 Å². The molecule has 1 aromatic carbocycles. The number of rotatable bonds is 5. The van der Waals surface area contributed by atoms with Gasteiger partial charge in [0.2, 0.25) is 5.91 Å². The Hall–Kier alpha value is -2.21. The first kappa shape index (κ1) is 18.2. The lowest BCUT2D eigenvalue weighted by Gasteiger charge is -2.39. The van der Waals surface area contributed by atoms with Crippen LogP contribution < -0.4 is 4.90 Å². The van der Waals surface area contributed by atoms with Crippen LogP contribution in [0.5, 0.6) is 0 Å². The number of hydrogen-bond donors (Lipinski definition) is 0. The molecule has 2 aromatic rings. The highest BCUT2D eigenvalue weighted by Gasteiger charge is 2.37. The van der Waals surface area contributed by atoms with Crippen LogP contribution in [0.4, 0.5) is 10.2 Å². The van der Waals surface area contributed by atoms with Crippen LogP contribution in [0, 0.1) is 5.82 Å². The van der Waals surface area contributed by atoms with Crippen LogP contribution in [0.1, 0.15) is 31.2 Å². The third-order valence-electron chi connectivity index (χ3n) is 5.37. The summed E-state index contributed by atoms with van der Waals surface area (Å²) in [6.07, 6.45) is 7.52. The van der Waals surface area contributed by atoms with Gasteiger partial charge < -0.3 is 9.80 Å². The van der Waals surface area contributed by atoms with Crippen molar-refractivity contribution in [2.24, 2.45) is 0 Å². The number of nitrogens with zero attached hydrogens (tertiary/aromatic N) is 4. The Kier molecular flexibility index (Phi) is 5.25. The van der Waals surface area contributed by atoms with Gasteiger partial charge in [-0.05, 0) is 43.9 Å². The van der Waals surface area contributed by atoms with Crippen LogP contribution in [0.15, 0.2) is 36.8 Å². The minimum absolute atomic E-state index is 0.00836. The highest BCUT2D eigenvalue weighted by atomic mass is 35.5. The van der Waals surface area contributed by atoms with Crippen molar-refractivity contribution in [3.05, 3.63) is 53.2 Å². The van der Waals surface area contributed by atoms with E-state index in [1.165, 1.54) is 18.9 Å². The summed E-state index contributed by atoms with van der Waals surface area (Å²) in [5.41, 5.74) is 0.284. The minimum Gasteiger partial charge on any atom is -0.350 e. The van der Waals surface area contributed by atoms with Crippen molar-refractivity contribution >= 4 is 23.3 Å². The predicted molar refractivity (Wildman–Crippen MR) is 102 cm³/mol. The lowest BCUT2D eigenvalue weighted by atomic mass is 10.0. The van der Waals surface area contributed by atoms with E-state index in [1.807, 2.05) is 11.0 Å². The van der Waals surface area contributed by atoms with Gasteiger partial charge in [-0.2, -0.15) is 0 Å². The maximum absolute atomic E-state index is 14.0. The largest absolute Gasteiger partial charge is 0.350 e. The van der Waals surface area contributed by atoms with Gasteiger partial charge in [0.15, 0.2) is 0 Å². The molecule has 4 rings (SSSR count). The Balaban J connectivity index is 1.39. The number of amides is 1. The van der Waals surface area contributed by atoms with Gasteiger partial charge in [0, 0.05) is 42.0 Å². The van der Waals surface area contributed by atoms with Crippen molar-refractivity contribution < 1.29 is 9.18 Å². The SMILES string of the molecule is O=C(Cc1c(F)cccc1Cl)N1CCC(N(c2ccncn2)C2CC2)CC1. The van der Waals surface area contributed by atoms with Crippen molar-refractivity contribution in [1.82, 2.24) is 14.9 Å². The molecule has 0 atom stereocenters. The molecule has 0 spiro atoms. The monoisotopic (exact) mass is 388 g/mol. The fourth-order valence-electron chi connectivity index (χ4n) is 3.82. The smallest absolute Gasteiger partial charge is 0.227 e. The molecule has 27 heavy (non-hydrogen) atoms. The highest BCUT2D eigenvalue weighted by Crippen LogP contribution is 2.35. The van der Waals surface area contributed by atoms with E-state index in [4.69, 9.17) is 11.6 Å². The first-order valence-electron chi connectivity index (χ1n) is 9.38. The quantitative estimate of drug-likeness (QED) is 0.787. The molecule has 1 saturated carbocycles. The minimum atomic E-state index is -0.422. The van der Waals surface area contributed by atoms with E-state index in [-0.39, 0.29) is 17.9 Å². The summed E-state index contributed by atoms with van der Waals surface area (Å²) in [5, 5.41) is 0.307. The molecule has 2 fully saturated rings. The van der Waals surface area contributed by atoms with Gasteiger partial charge >= 0.3 is 0 Å². The van der Waals surface area contributed by atoms with Crippen LogP contribution >= 0.6 is 11.6 Å². The first-order valence-corrected chi connectivity index (χ1v) is 9.76. The van der Waals surface area contributed by atoms with Gasteiger partial charge in [-0.3, -0.25) is 4.79 Å². The lowest BCUT2D eigenvalue weighted by Crippen LogP contribution is -2.48. The fraction of sp³-hybridized carbons (Fsp3) is 0.450. The second kappa shape index (κ2) is 7.80. The molecule has 7 heteroatoms. The second-order valence-corrected chi connectivity index (χ2v) is 7.60. The molecule has 0 radical (unpaired) electrons. The number of hydrogen-bond acceptors (Lipinski definition) is 4. The number of halogens is 2. The zero-order valence-corrected chi connectivity index (χ0v) is 15.8. The number of carbonyl (C=O) groups excluding carboxylic acids is 1. The van der Waals surface area contributed by atoms with Gasteiger partial charge in [0.25, 0.3) is 0 Å². The second-order valence-electron chi connectivity index (χ2n) is 7.19. The summed E-state index contributed by atoms with van der Waals surface area (Å²) < 4.78 is 14.0. The summed E-state index contributed by atoms with van der Waals surface area (Å²) >= 11 is 6.06. The average Bonchev–Trinajstić information content (AvgIpc) is 3.51. The van der Waals surface area contributed by atoms with Gasteiger partial charge in [-0.25, -0.2) is 14.4 Å². The maximum Gasteiger partial charge on any atom is 0.227 e. The molecule has 0 unspecified atom stereocenters. The van der Waals surface area contributed by atoms with E-state index in [2.05, 4.69) is 14.9 Å². The molecule has 0 N–H and O–H groups in total. The van der Waals surface area contributed by atoms with Crippen molar-refractivity contribution in [3.8, 4) is 0 Å². The van der Waals surface area contributed by atoms with Gasteiger partial charge in [0.05, 0.1) is 6.42 Å². The molecule has 2 aliphatic rings. The van der Waals surface area contributed by atoms with Crippen molar-refractivity contribution in [2.75, 3.05) is 18.0 Å². The van der Waals surface area contributed by atoms with E-state index in [0.717, 1.165) is 18.7 Å². The molecule has 1 aromatic heterocycles. The number of likely N-dealkylation sites (tertiary alicyclic amines) is 1. The number of piperidine rings is 1. The molecule has 1 aliphatic carbocycles. The Bertz CT molecular complexity index is 787. The molecule has 1 aliphatic heterocycles. The molecule has 1 amide bonds. The summed E-state index contributed by atoms with van der Waals surface area (Å²) in [7, 11) is 0. The Morgan fingerprint density at radius 3 is 2.56 bits per heavy atom. The normalized spacial score (nSPS) is 17.8. The summed E-state index contributed by atoms with van der Waals surface area (Å²) in [6.45, 7) is 1.34. The molecule has 2 heterocycles. The third-order valence-corrected chi connectivity index (χ3v) is 5.73. The molecular weight excluding hydrogens is 367 g/mol. The molecular formula is C20H22ClFN4O. The first-order chi connectivity index (χ1) is 13.1. The van der Waals surface area contributed by atoms with Crippen LogP contribution in [0.2, 0.25) is 5.02 Å². The Morgan fingerprint density at radius 2 is 1.93 bits per heavy atom. The zero-order valence-electron chi connectivity index (χ0n) is 15.0. The van der Waals surface area contributed by atoms with Crippen molar-refractivity contribution in [1.29, 1.82) is 0 Å². The van der Waals surface area contributed by atoms with Crippen molar-refractivity contribution in [2.45, 2.75) is 44.2 Å². The Morgan fingerprint density at radius 1 is 1.19 bits per heavy atom. The van der Waals surface area contributed by atoms with E-state index in [0.29, 0.717) is 30.2 Å². The van der Waals surface area contributed by atoms with Crippen molar-refractivity contribution in [3.63, 3.8) is 0 Å². The summed E-state index contributed by atoms with van der Waals surface area (Å²) in [6, 6.07) is 7.38. The highest BCUT2D eigenvalue weighted by molar-refractivity contribution is 6.31. The van der Waals surface area contributed by atoms with Gasteiger partial charge in [-0.15, -0.1) is 0 Å². The molecule has 0 bridgehead atoms. The van der Waals surface area contributed by atoms with Crippen LogP contribution in [-0.4, -0.2) is 45.9 Å². The fourth-order valence-corrected chi connectivity index (χ4v) is 4.05. The van der Waals surface area contributed by atoms with E-state index >= 15 is 0 Å². The lowest BCUT2D eigenvalue weighted by molar-refractivity contribution is -0.131.